The van der Waals surface area contributed by atoms with E-state index in [2.05, 4.69) is 63.2 Å². The lowest BCUT2D eigenvalue weighted by Gasteiger charge is -2.30. The highest BCUT2D eigenvalue weighted by molar-refractivity contribution is 9.10. The van der Waals surface area contributed by atoms with Gasteiger partial charge in [-0.25, -0.2) is 4.98 Å². The normalized spacial score (nSPS) is 15.2. The number of aliphatic hydroxyl groups is 1. The van der Waals surface area contributed by atoms with Crippen molar-refractivity contribution in [1.29, 1.82) is 0 Å². The first-order chi connectivity index (χ1) is 12.0. The summed E-state index contributed by atoms with van der Waals surface area (Å²) in [5.74, 6) is 1.83. The van der Waals surface area contributed by atoms with E-state index < -0.39 is 0 Å². The summed E-state index contributed by atoms with van der Waals surface area (Å²) in [6, 6.07) is 8.46. The third-order valence-corrected chi connectivity index (χ3v) is 5.15. The van der Waals surface area contributed by atoms with Gasteiger partial charge < -0.3 is 15.3 Å². The van der Waals surface area contributed by atoms with Crippen molar-refractivity contribution < 1.29 is 5.11 Å². The Morgan fingerprint density at radius 3 is 2.76 bits per heavy atom. The quantitative estimate of drug-likeness (QED) is 0.797. The minimum absolute atomic E-state index is 0.0471. The molecule has 1 aliphatic rings. The molecule has 25 heavy (non-hydrogen) atoms. The standard InChI is InChI=1S/C19H25BrN4O/c1-12(2)17(11-25)22-19-21-13(3)8-18(23-19)24-7-6-14-9-16(20)5-4-15(14)10-24/h4-5,8-9,12,17,25H,6-7,10-11H2,1-3H3,(H,21,22,23)/t17-/m1/s1. The average Bonchev–Trinajstić information content (AvgIpc) is 2.58. The topological polar surface area (TPSA) is 61.3 Å². The molecule has 0 fully saturated rings. The highest BCUT2D eigenvalue weighted by Crippen LogP contribution is 2.26. The van der Waals surface area contributed by atoms with Gasteiger partial charge in [0.15, 0.2) is 0 Å². The van der Waals surface area contributed by atoms with Crippen molar-refractivity contribution in [2.45, 2.75) is 39.8 Å². The van der Waals surface area contributed by atoms with Gasteiger partial charge in [0.1, 0.15) is 5.82 Å². The molecule has 2 N–H and O–H groups in total. The third-order valence-electron chi connectivity index (χ3n) is 4.66. The molecule has 6 heteroatoms. The van der Waals surface area contributed by atoms with E-state index in [1.165, 1.54) is 11.1 Å². The van der Waals surface area contributed by atoms with Gasteiger partial charge in [-0.3, -0.25) is 0 Å². The van der Waals surface area contributed by atoms with Gasteiger partial charge in [0.2, 0.25) is 5.95 Å². The van der Waals surface area contributed by atoms with Gasteiger partial charge in [-0.2, -0.15) is 4.98 Å². The molecule has 5 nitrogen and oxygen atoms in total. The van der Waals surface area contributed by atoms with Crippen molar-refractivity contribution in [2.24, 2.45) is 5.92 Å². The maximum absolute atomic E-state index is 9.54. The van der Waals surface area contributed by atoms with E-state index in [0.717, 1.165) is 35.5 Å². The number of rotatable bonds is 5. The first kappa shape index (κ1) is 18.1. The number of hydrogen-bond donors (Lipinski definition) is 2. The van der Waals surface area contributed by atoms with Gasteiger partial charge in [0, 0.05) is 29.3 Å². The monoisotopic (exact) mass is 404 g/mol. The van der Waals surface area contributed by atoms with Crippen molar-refractivity contribution in [2.75, 3.05) is 23.4 Å². The summed E-state index contributed by atoms with van der Waals surface area (Å²) in [5, 5.41) is 12.8. The van der Waals surface area contributed by atoms with Gasteiger partial charge in [0.25, 0.3) is 0 Å². The Labute approximate surface area is 157 Å². The Morgan fingerprint density at radius 2 is 2.04 bits per heavy atom. The van der Waals surface area contributed by atoms with E-state index in [-0.39, 0.29) is 12.6 Å². The largest absolute Gasteiger partial charge is 0.394 e. The molecular formula is C19H25BrN4O. The highest BCUT2D eigenvalue weighted by atomic mass is 79.9. The van der Waals surface area contributed by atoms with Crippen molar-refractivity contribution in [3.05, 3.63) is 45.6 Å². The van der Waals surface area contributed by atoms with E-state index in [9.17, 15) is 5.11 Å². The van der Waals surface area contributed by atoms with Crippen LogP contribution in [0.15, 0.2) is 28.7 Å². The first-order valence-electron chi connectivity index (χ1n) is 8.71. The number of aryl methyl sites for hydroxylation is 1. The van der Waals surface area contributed by atoms with Crippen LogP contribution in [0.2, 0.25) is 0 Å². The molecular weight excluding hydrogens is 380 g/mol. The summed E-state index contributed by atoms with van der Waals surface area (Å²) in [6.45, 7) is 7.98. The molecule has 1 aliphatic heterocycles. The minimum Gasteiger partial charge on any atom is -0.394 e. The number of anilines is 2. The number of nitrogens with zero attached hydrogens (tertiary/aromatic N) is 3. The van der Waals surface area contributed by atoms with Crippen LogP contribution in [0.4, 0.5) is 11.8 Å². The van der Waals surface area contributed by atoms with Crippen LogP contribution in [0, 0.1) is 12.8 Å². The number of aromatic nitrogens is 2. The molecule has 0 saturated heterocycles. The fourth-order valence-electron chi connectivity index (χ4n) is 3.08. The molecule has 0 radical (unpaired) electrons. The van der Waals surface area contributed by atoms with Crippen molar-refractivity contribution in [1.82, 2.24) is 9.97 Å². The number of hydrogen-bond acceptors (Lipinski definition) is 5. The summed E-state index contributed by atoms with van der Waals surface area (Å²) >= 11 is 3.55. The molecule has 2 heterocycles. The molecule has 3 rings (SSSR count). The zero-order valence-corrected chi connectivity index (χ0v) is 16.5. The summed E-state index contributed by atoms with van der Waals surface area (Å²) < 4.78 is 1.13. The second kappa shape index (κ2) is 7.70. The molecule has 0 saturated carbocycles. The summed E-state index contributed by atoms with van der Waals surface area (Å²) in [6.07, 6.45) is 1.01. The molecule has 0 spiro atoms. The van der Waals surface area contributed by atoms with Crippen LogP contribution in [0.5, 0.6) is 0 Å². The van der Waals surface area contributed by atoms with Crippen LogP contribution < -0.4 is 10.2 Å². The Morgan fingerprint density at radius 1 is 1.24 bits per heavy atom. The lowest BCUT2D eigenvalue weighted by Crippen LogP contribution is -2.33. The molecule has 0 amide bonds. The highest BCUT2D eigenvalue weighted by Gasteiger charge is 2.20. The lowest BCUT2D eigenvalue weighted by molar-refractivity contribution is 0.248. The second-order valence-corrected chi connectivity index (χ2v) is 7.87. The molecule has 134 valence electrons. The Balaban J connectivity index is 1.82. The first-order valence-corrected chi connectivity index (χ1v) is 9.51. The molecule has 0 aliphatic carbocycles. The van der Waals surface area contributed by atoms with E-state index in [4.69, 9.17) is 4.98 Å². The summed E-state index contributed by atoms with van der Waals surface area (Å²) in [4.78, 5) is 11.5. The maximum atomic E-state index is 9.54. The predicted molar refractivity (Wildman–Crippen MR) is 105 cm³/mol. The van der Waals surface area contributed by atoms with E-state index >= 15 is 0 Å². The van der Waals surface area contributed by atoms with E-state index in [0.29, 0.717) is 11.9 Å². The number of halogens is 1. The van der Waals surface area contributed by atoms with Crippen LogP contribution in [-0.2, 0) is 13.0 Å². The van der Waals surface area contributed by atoms with Crippen LogP contribution >= 0.6 is 15.9 Å². The van der Waals surface area contributed by atoms with Crippen molar-refractivity contribution in [3.63, 3.8) is 0 Å². The van der Waals surface area contributed by atoms with Gasteiger partial charge >= 0.3 is 0 Å². The SMILES string of the molecule is Cc1cc(N2CCc3cc(Br)ccc3C2)nc(N[C@H](CO)C(C)C)n1. The number of nitrogens with one attached hydrogen (secondary N) is 1. The zero-order valence-electron chi connectivity index (χ0n) is 15.0. The minimum atomic E-state index is -0.0471. The van der Waals surface area contributed by atoms with Crippen LogP contribution in [-0.4, -0.2) is 34.3 Å². The average molecular weight is 405 g/mol. The molecule has 0 unspecified atom stereocenters. The van der Waals surface area contributed by atoms with Crippen LogP contribution in [0.25, 0.3) is 0 Å². The summed E-state index contributed by atoms with van der Waals surface area (Å²) in [7, 11) is 0. The maximum Gasteiger partial charge on any atom is 0.225 e. The van der Waals surface area contributed by atoms with E-state index in [1.54, 1.807) is 0 Å². The Hall–Kier alpha value is -1.66. The fraction of sp³-hybridized carbons (Fsp3) is 0.474. The van der Waals surface area contributed by atoms with Gasteiger partial charge in [0.05, 0.1) is 12.6 Å². The zero-order chi connectivity index (χ0) is 18.0. The number of fused-ring (bicyclic) bond motifs is 1. The smallest absolute Gasteiger partial charge is 0.225 e. The molecule has 1 aromatic heterocycles. The van der Waals surface area contributed by atoms with Gasteiger partial charge in [-0.05, 0) is 42.5 Å². The van der Waals surface area contributed by atoms with Gasteiger partial charge in [-0.15, -0.1) is 0 Å². The Bertz CT molecular complexity index is 750. The molecule has 1 atom stereocenters. The van der Waals surface area contributed by atoms with Crippen molar-refractivity contribution in [3.8, 4) is 0 Å². The predicted octanol–water partition coefficient (Wildman–Crippen LogP) is 3.54. The Kier molecular flexibility index (Phi) is 5.59. The third kappa shape index (κ3) is 4.30. The van der Waals surface area contributed by atoms with Gasteiger partial charge in [-0.1, -0.05) is 35.8 Å². The molecule has 2 aromatic rings. The number of benzene rings is 1. The van der Waals surface area contributed by atoms with E-state index in [1.807, 2.05) is 13.0 Å². The molecule has 1 aromatic carbocycles. The van der Waals surface area contributed by atoms with Crippen molar-refractivity contribution >= 4 is 27.7 Å². The summed E-state index contributed by atoms with van der Waals surface area (Å²) in [5.41, 5.74) is 3.67. The fourth-order valence-corrected chi connectivity index (χ4v) is 3.49. The number of aliphatic hydroxyl groups excluding tert-OH is 1. The lowest BCUT2D eigenvalue weighted by atomic mass is 10.00. The van der Waals surface area contributed by atoms with Crippen LogP contribution in [0.1, 0.15) is 30.7 Å². The van der Waals surface area contributed by atoms with Crippen LogP contribution in [0.3, 0.4) is 0 Å². The second-order valence-electron chi connectivity index (χ2n) is 6.95. The molecule has 0 bridgehead atoms.